The minimum Gasteiger partial charge on any atom is -0.490 e. The van der Waals surface area contributed by atoms with Crippen LogP contribution in [0.3, 0.4) is 0 Å². The second kappa shape index (κ2) is 12.1. The van der Waals surface area contributed by atoms with Crippen molar-refractivity contribution >= 4 is 50.1 Å². The van der Waals surface area contributed by atoms with Crippen molar-refractivity contribution in [1.82, 2.24) is 19.7 Å². The fraction of sp³-hybridized carbons (Fsp3) is 0.259. The van der Waals surface area contributed by atoms with E-state index >= 15 is 0 Å². The second-order valence-electron chi connectivity index (χ2n) is 8.64. The Balaban J connectivity index is 1.21. The number of amides is 1. The van der Waals surface area contributed by atoms with Gasteiger partial charge in [0, 0.05) is 27.5 Å². The third kappa shape index (κ3) is 6.49. The Labute approximate surface area is 232 Å². The van der Waals surface area contributed by atoms with Gasteiger partial charge in [-0.25, -0.2) is 4.98 Å². The molecule has 10 heteroatoms. The van der Waals surface area contributed by atoms with Crippen molar-refractivity contribution < 1.29 is 9.53 Å². The molecular formula is C27H26BrN5O2S2. The van der Waals surface area contributed by atoms with Crippen LogP contribution < -0.4 is 10.1 Å². The van der Waals surface area contributed by atoms with E-state index in [9.17, 15) is 4.79 Å². The highest BCUT2D eigenvalue weighted by Crippen LogP contribution is 2.29. The van der Waals surface area contributed by atoms with Gasteiger partial charge in [0.25, 0.3) is 0 Å². The number of carbonyl (C=O) groups excluding carboxylic acids is 1. The maximum Gasteiger partial charge on any atom is 0.236 e. The summed E-state index contributed by atoms with van der Waals surface area (Å²) in [6, 6.07) is 15.9. The Kier molecular flexibility index (Phi) is 8.38. The summed E-state index contributed by atoms with van der Waals surface area (Å²) in [6.45, 7) is 4.41. The monoisotopic (exact) mass is 595 g/mol. The summed E-state index contributed by atoms with van der Waals surface area (Å²) in [5, 5.41) is 14.8. The van der Waals surface area contributed by atoms with Gasteiger partial charge >= 0.3 is 0 Å². The number of rotatable bonds is 10. The number of ether oxygens (including phenoxy) is 1. The molecule has 37 heavy (non-hydrogen) atoms. The molecule has 0 bridgehead atoms. The number of anilines is 1. The third-order valence-electron chi connectivity index (χ3n) is 5.97. The van der Waals surface area contributed by atoms with Gasteiger partial charge in [0.15, 0.2) is 16.1 Å². The van der Waals surface area contributed by atoms with E-state index < -0.39 is 0 Å². The second-order valence-corrected chi connectivity index (χ2v) is 11.4. The normalized spacial score (nSPS) is 13.5. The van der Waals surface area contributed by atoms with Gasteiger partial charge in [0.2, 0.25) is 5.91 Å². The summed E-state index contributed by atoms with van der Waals surface area (Å²) in [6.07, 6.45) is 6.84. The zero-order valence-electron chi connectivity index (χ0n) is 20.1. The fourth-order valence-corrected chi connectivity index (χ4v) is 5.90. The van der Waals surface area contributed by atoms with Crippen LogP contribution in [0.1, 0.15) is 25.7 Å². The van der Waals surface area contributed by atoms with E-state index in [-0.39, 0.29) is 11.7 Å². The Morgan fingerprint density at radius 1 is 1.14 bits per heavy atom. The molecule has 1 fully saturated rings. The molecule has 1 amide bonds. The average Bonchev–Trinajstić information content (AvgIpc) is 3.66. The van der Waals surface area contributed by atoms with Crippen LogP contribution in [0.2, 0.25) is 0 Å². The number of carbonyl (C=O) groups is 1. The smallest absolute Gasteiger partial charge is 0.236 e. The predicted molar refractivity (Wildman–Crippen MR) is 153 cm³/mol. The quantitative estimate of drug-likeness (QED) is 0.156. The molecule has 190 valence electrons. The van der Waals surface area contributed by atoms with Crippen molar-refractivity contribution in [2.24, 2.45) is 0 Å². The molecule has 0 radical (unpaired) electrons. The van der Waals surface area contributed by atoms with Crippen molar-refractivity contribution in [3.63, 3.8) is 0 Å². The van der Waals surface area contributed by atoms with Gasteiger partial charge in [0.1, 0.15) is 5.75 Å². The lowest BCUT2D eigenvalue weighted by Gasteiger charge is -2.13. The summed E-state index contributed by atoms with van der Waals surface area (Å²) in [5.41, 5.74) is 2.76. The molecule has 4 aromatic rings. The molecule has 0 aliphatic heterocycles. The van der Waals surface area contributed by atoms with Gasteiger partial charge in [-0.05, 0) is 62.1 Å². The zero-order valence-corrected chi connectivity index (χ0v) is 23.3. The number of hydrogen-bond donors (Lipinski definition) is 1. The van der Waals surface area contributed by atoms with Gasteiger partial charge < -0.3 is 10.1 Å². The first-order valence-electron chi connectivity index (χ1n) is 12.0. The highest BCUT2D eigenvalue weighted by atomic mass is 79.9. The van der Waals surface area contributed by atoms with Crippen molar-refractivity contribution in [1.29, 1.82) is 0 Å². The molecule has 7 nitrogen and oxygen atoms in total. The van der Waals surface area contributed by atoms with Gasteiger partial charge in [-0.15, -0.1) is 28.1 Å². The highest BCUT2D eigenvalue weighted by molar-refractivity contribution is 9.10. The van der Waals surface area contributed by atoms with Gasteiger partial charge in [0.05, 0.1) is 17.6 Å². The molecule has 0 unspecified atom stereocenters. The molecule has 1 aliphatic carbocycles. The molecule has 2 aromatic heterocycles. The molecule has 2 heterocycles. The van der Waals surface area contributed by atoms with Crippen LogP contribution in [-0.2, 0) is 11.3 Å². The Hall–Kier alpha value is -2.95. The summed E-state index contributed by atoms with van der Waals surface area (Å²) >= 11 is 6.18. The summed E-state index contributed by atoms with van der Waals surface area (Å²) in [5.74, 6) is 1.65. The number of nitrogens with one attached hydrogen (secondary N) is 1. The SMILES string of the molecule is C=CCn1c(SCC(=O)Nc2nc(-c3ccc(Br)cc3)cs2)nnc1-c1ccc(OC2CCCC2)cc1. The van der Waals surface area contributed by atoms with E-state index in [4.69, 9.17) is 4.74 Å². The van der Waals surface area contributed by atoms with E-state index in [1.54, 1.807) is 6.08 Å². The average molecular weight is 597 g/mol. The Morgan fingerprint density at radius 3 is 2.59 bits per heavy atom. The van der Waals surface area contributed by atoms with E-state index in [1.165, 1.54) is 35.9 Å². The first-order chi connectivity index (χ1) is 18.1. The Morgan fingerprint density at radius 2 is 1.86 bits per heavy atom. The number of aromatic nitrogens is 4. The van der Waals surface area contributed by atoms with Crippen molar-refractivity contribution in [2.45, 2.75) is 43.5 Å². The molecule has 1 N–H and O–H groups in total. The largest absolute Gasteiger partial charge is 0.490 e. The third-order valence-corrected chi connectivity index (χ3v) is 8.22. The minimum absolute atomic E-state index is 0.148. The van der Waals surface area contributed by atoms with Crippen LogP contribution in [0.4, 0.5) is 5.13 Å². The lowest BCUT2D eigenvalue weighted by Crippen LogP contribution is -2.14. The van der Waals surface area contributed by atoms with Crippen LogP contribution in [-0.4, -0.2) is 37.5 Å². The number of halogens is 1. The minimum atomic E-state index is -0.148. The van der Waals surface area contributed by atoms with Gasteiger partial charge in [-0.2, -0.15) is 0 Å². The van der Waals surface area contributed by atoms with Crippen molar-refractivity contribution in [3.8, 4) is 28.4 Å². The number of nitrogens with zero attached hydrogens (tertiary/aromatic N) is 4. The summed E-state index contributed by atoms with van der Waals surface area (Å²) < 4.78 is 9.05. The predicted octanol–water partition coefficient (Wildman–Crippen LogP) is 7.07. The topological polar surface area (TPSA) is 81.9 Å². The van der Waals surface area contributed by atoms with Crippen LogP contribution in [0.15, 0.2) is 76.2 Å². The van der Waals surface area contributed by atoms with Crippen LogP contribution in [0, 0.1) is 0 Å². The molecule has 1 saturated carbocycles. The first-order valence-corrected chi connectivity index (χ1v) is 14.7. The summed E-state index contributed by atoms with van der Waals surface area (Å²) in [7, 11) is 0. The molecule has 0 saturated heterocycles. The molecule has 2 aromatic carbocycles. The van der Waals surface area contributed by atoms with E-state index in [0.29, 0.717) is 22.9 Å². The molecule has 0 atom stereocenters. The summed E-state index contributed by atoms with van der Waals surface area (Å²) in [4.78, 5) is 17.2. The number of allylic oxidation sites excluding steroid dienone is 1. The standard InChI is InChI=1S/C27H26BrN5O2S2/c1-2-15-33-25(19-9-13-22(14-10-19)35-21-5-3-4-6-21)31-32-27(33)37-17-24(34)30-26-29-23(16-36-26)18-7-11-20(28)12-8-18/h2,7-14,16,21H,1,3-6,15,17H2,(H,29,30,34). The van der Waals surface area contributed by atoms with Crippen LogP contribution in [0.5, 0.6) is 5.75 Å². The highest BCUT2D eigenvalue weighted by Gasteiger charge is 2.18. The number of benzene rings is 2. The number of thiazole rings is 1. The zero-order chi connectivity index (χ0) is 25.6. The maximum atomic E-state index is 12.6. The van der Waals surface area contributed by atoms with E-state index in [2.05, 4.69) is 43.0 Å². The van der Waals surface area contributed by atoms with Crippen molar-refractivity contribution in [3.05, 3.63) is 71.0 Å². The number of thioether (sulfide) groups is 1. The molecule has 5 rings (SSSR count). The van der Waals surface area contributed by atoms with Crippen LogP contribution in [0.25, 0.3) is 22.6 Å². The fourth-order valence-electron chi connectivity index (χ4n) is 4.15. The van der Waals surface area contributed by atoms with E-state index in [0.717, 1.165) is 45.7 Å². The maximum absolute atomic E-state index is 12.6. The molecule has 0 spiro atoms. The Bertz CT molecular complexity index is 1360. The van der Waals surface area contributed by atoms with Gasteiger partial charge in [-0.3, -0.25) is 9.36 Å². The van der Waals surface area contributed by atoms with E-state index in [1.807, 2.05) is 58.5 Å². The lowest BCUT2D eigenvalue weighted by molar-refractivity contribution is -0.113. The first kappa shape index (κ1) is 25.7. The lowest BCUT2D eigenvalue weighted by atomic mass is 10.2. The van der Waals surface area contributed by atoms with Crippen LogP contribution >= 0.6 is 39.0 Å². The van der Waals surface area contributed by atoms with Crippen molar-refractivity contribution in [2.75, 3.05) is 11.1 Å². The van der Waals surface area contributed by atoms with Gasteiger partial charge in [-0.1, -0.05) is 45.9 Å². The number of hydrogen-bond acceptors (Lipinski definition) is 7. The molecular weight excluding hydrogens is 570 g/mol. The molecule has 1 aliphatic rings.